The molecule has 0 heterocycles. The molecule has 0 saturated carbocycles. The number of carbonyl (C=O) groups excluding carboxylic acids is 1. The van der Waals surface area contributed by atoms with Crippen LogP contribution in [0.1, 0.15) is 25.3 Å². The monoisotopic (exact) mass is 376 g/mol. The van der Waals surface area contributed by atoms with Gasteiger partial charge in [-0.25, -0.2) is 0 Å². The Kier molecular flexibility index (Phi) is 10.4. The molecule has 0 spiro atoms. The minimum atomic E-state index is 0. The van der Waals surface area contributed by atoms with Crippen molar-refractivity contribution in [3.05, 3.63) is 42.0 Å². The van der Waals surface area contributed by atoms with Crippen LogP contribution >= 0.6 is 0 Å². The van der Waals surface area contributed by atoms with Crippen LogP contribution in [0.4, 0.5) is 0 Å². The first kappa shape index (κ1) is 17.7. The molecular weight excluding hydrogens is 355 g/mol. The van der Waals surface area contributed by atoms with Crippen LogP contribution in [0.2, 0.25) is 0 Å². The molecule has 1 aromatic carbocycles. The Balaban J connectivity index is 0.00000289. The molecule has 3 heteroatoms. The molecule has 100 valence electrons. The van der Waals surface area contributed by atoms with Gasteiger partial charge in [0.25, 0.3) is 0 Å². The summed E-state index contributed by atoms with van der Waals surface area (Å²) in [5.41, 5.74) is 1.09. The van der Waals surface area contributed by atoms with E-state index in [1.807, 2.05) is 36.4 Å². The van der Waals surface area contributed by atoms with Crippen molar-refractivity contribution in [1.82, 2.24) is 0 Å². The topological polar surface area (TPSA) is 17.1 Å². The third-order valence-corrected chi connectivity index (χ3v) is 4.52. The van der Waals surface area contributed by atoms with Gasteiger partial charge < -0.3 is 24.0 Å². The highest BCUT2D eigenvalue weighted by Crippen LogP contribution is 2.03. The molecule has 0 aromatic heterocycles. The number of hydrogen-bond acceptors (Lipinski definition) is 1. The Morgan fingerprint density at radius 3 is 2.50 bits per heavy atom. The van der Waals surface area contributed by atoms with Crippen molar-refractivity contribution in [2.75, 3.05) is 17.8 Å². The fraction of sp³-hybridized carbons (Fsp3) is 0.400. The lowest BCUT2D eigenvalue weighted by atomic mass is 10.2. The second-order valence-electron chi connectivity index (χ2n) is 4.15. The number of halogens is 1. The zero-order valence-electron chi connectivity index (χ0n) is 11.1. The molecule has 1 unspecified atom stereocenters. The Hall–Kier alpha value is -0.290. The van der Waals surface area contributed by atoms with Crippen molar-refractivity contribution in [2.24, 2.45) is 0 Å². The van der Waals surface area contributed by atoms with Crippen molar-refractivity contribution in [3.8, 4) is 0 Å². The van der Waals surface area contributed by atoms with E-state index in [9.17, 15) is 4.79 Å². The van der Waals surface area contributed by atoms with Crippen molar-refractivity contribution in [2.45, 2.75) is 19.8 Å². The van der Waals surface area contributed by atoms with E-state index >= 15 is 0 Å². The average Bonchev–Trinajstić information content (AvgIpc) is 2.35. The van der Waals surface area contributed by atoms with E-state index in [0.717, 1.165) is 11.3 Å². The summed E-state index contributed by atoms with van der Waals surface area (Å²) in [6.07, 6.45) is 7.75. The fourth-order valence-electron chi connectivity index (χ4n) is 1.56. The van der Waals surface area contributed by atoms with Crippen LogP contribution in [0, 0.1) is 0 Å². The van der Waals surface area contributed by atoms with Gasteiger partial charge in [0.1, 0.15) is 11.5 Å². The van der Waals surface area contributed by atoms with Gasteiger partial charge in [0.05, 0.1) is 12.7 Å². The van der Waals surface area contributed by atoms with Crippen LogP contribution in [0.5, 0.6) is 0 Å². The maximum atomic E-state index is 11.6. The summed E-state index contributed by atoms with van der Waals surface area (Å²) in [7, 11) is 0.407. The summed E-state index contributed by atoms with van der Waals surface area (Å²) >= 11 is 0. The smallest absolute Gasteiger partial charge is 0.160 e. The van der Waals surface area contributed by atoms with Crippen LogP contribution in [0.15, 0.2) is 36.4 Å². The lowest BCUT2D eigenvalue weighted by Gasteiger charge is -1.99. The van der Waals surface area contributed by atoms with E-state index in [1.165, 1.54) is 12.2 Å². The molecule has 0 aliphatic carbocycles. The molecule has 0 amide bonds. The third-order valence-electron chi connectivity index (χ3n) is 2.51. The molecule has 0 radical (unpaired) electrons. The van der Waals surface area contributed by atoms with Gasteiger partial charge in [-0.2, -0.15) is 0 Å². The van der Waals surface area contributed by atoms with Crippen LogP contribution in [0.3, 0.4) is 0 Å². The number of ketones is 1. The molecule has 1 nitrogen and oxygen atoms in total. The Morgan fingerprint density at radius 1 is 1.22 bits per heavy atom. The van der Waals surface area contributed by atoms with Crippen LogP contribution in [0.25, 0.3) is 6.08 Å². The van der Waals surface area contributed by atoms with E-state index < -0.39 is 0 Å². The summed E-state index contributed by atoms with van der Waals surface area (Å²) in [5, 5.41) is 0. The standard InChI is InChI=1S/C15H21OS.HI/c1-3-12-17(2)13-11-15(16)10-9-14-7-5-4-6-8-14;/h4-10H,3,11-13H2,1-2H3;1H/q+1;/p-1/b10-9+;. The van der Waals surface area contributed by atoms with Gasteiger partial charge in [0.15, 0.2) is 5.78 Å². The predicted octanol–water partition coefficient (Wildman–Crippen LogP) is 0.321. The summed E-state index contributed by atoms with van der Waals surface area (Å²) in [6.45, 7) is 2.20. The number of benzene rings is 1. The Morgan fingerprint density at radius 2 is 1.89 bits per heavy atom. The van der Waals surface area contributed by atoms with Crippen molar-refractivity contribution in [1.29, 1.82) is 0 Å². The van der Waals surface area contributed by atoms with E-state index in [-0.39, 0.29) is 29.8 Å². The molecule has 0 aliphatic rings. The number of hydrogen-bond donors (Lipinski definition) is 0. The van der Waals surface area contributed by atoms with Crippen molar-refractivity contribution in [3.63, 3.8) is 0 Å². The van der Waals surface area contributed by atoms with Gasteiger partial charge in [-0.05, 0) is 29.0 Å². The number of rotatable bonds is 7. The molecule has 1 rings (SSSR count). The molecule has 0 saturated heterocycles. The van der Waals surface area contributed by atoms with Gasteiger partial charge in [0, 0.05) is 0 Å². The normalized spacial score (nSPS) is 12.1. The van der Waals surface area contributed by atoms with E-state index in [2.05, 4.69) is 13.2 Å². The zero-order chi connectivity index (χ0) is 12.5. The van der Waals surface area contributed by atoms with E-state index in [4.69, 9.17) is 0 Å². The summed E-state index contributed by atoms with van der Waals surface area (Å²) in [6, 6.07) is 9.95. The minimum absolute atomic E-state index is 0. The largest absolute Gasteiger partial charge is 1.00 e. The van der Waals surface area contributed by atoms with Crippen molar-refractivity contribution < 1.29 is 28.8 Å². The maximum absolute atomic E-state index is 11.6. The highest BCUT2D eigenvalue weighted by Gasteiger charge is 2.10. The molecule has 0 fully saturated rings. The average molecular weight is 376 g/mol. The maximum Gasteiger partial charge on any atom is 0.160 e. The first-order valence-electron chi connectivity index (χ1n) is 6.07. The van der Waals surface area contributed by atoms with Crippen molar-refractivity contribution >= 4 is 22.8 Å². The van der Waals surface area contributed by atoms with Gasteiger partial charge in [0.2, 0.25) is 0 Å². The van der Waals surface area contributed by atoms with Crippen LogP contribution in [-0.2, 0) is 15.7 Å². The molecule has 18 heavy (non-hydrogen) atoms. The lowest BCUT2D eigenvalue weighted by Crippen LogP contribution is -3.00. The number of carbonyl (C=O) groups is 1. The second-order valence-corrected chi connectivity index (χ2v) is 6.53. The molecular formula is C15H21IOS. The fourth-order valence-corrected chi connectivity index (χ4v) is 3.01. The molecule has 0 bridgehead atoms. The zero-order valence-corrected chi connectivity index (χ0v) is 14.0. The molecule has 1 aromatic rings. The summed E-state index contributed by atoms with van der Waals surface area (Å²) in [5.74, 6) is 2.52. The molecule has 0 aliphatic heterocycles. The molecule has 1 atom stereocenters. The van der Waals surface area contributed by atoms with E-state index in [1.54, 1.807) is 6.08 Å². The highest BCUT2D eigenvalue weighted by atomic mass is 127. The Labute approximate surface area is 130 Å². The highest BCUT2D eigenvalue weighted by molar-refractivity contribution is 7.96. The molecule has 0 N–H and O–H groups in total. The van der Waals surface area contributed by atoms with Crippen LogP contribution in [-0.4, -0.2) is 23.5 Å². The summed E-state index contributed by atoms with van der Waals surface area (Å²) < 4.78 is 0. The second kappa shape index (κ2) is 10.6. The Bertz CT molecular complexity index is 362. The number of allylic oxidation sites excluding steroid dienone is 1. The predicted molar refractivity (Wildman–Crippen MR) is 78.4 cm³/mol. The minimum Gasteiger partial charge on any atom is -1.00 e. The lowest BCUT2D eigenvalue weighted by molar-refractivity contribution is -0.114. The first-order valence-corrected chi connectivity index (χ1v) is 8.04. The van der Waals surface area contributed by atoms with Gasteiger partial charge in [-0.3, -0.25) is 4.79 Å². The first-order chi connectivity index (χ1) is 8.22. The summed E-state index contributed by atoms with van der Waals surface area (Å²) in [4.78, 5) is 11.6. The SMILES string of the molecule is CCC[S+](C)CCC(=O)/C=C/c1ccccc1.[I-]. The van der Waals surface area contributed by atoms with Gasteiger partial charge >= 0.3 is 0 Å². The van der Waals surface area contributed by atoms with Crippen LogP contribution < -0.4 is 24.0 Å². The third kappa shape index (κ3) is 7.93. The van der Waals surface area contributed by atoms with Gasteiger partial charge in [-0.1, -0.05) is 43.3 Å². The van der Waals surface area contributed by atoms with E-state index in [0.29, 0.717) is 17.3 Å². The van der Waals surface area contributed by atoms with Gasteiger partial charge in [-0.15, -0.1) is 0 Å². The quantitative estimate of drug-likeness (QED) is 0.381.